The van der Waals surface area contributed by atoms with Gasteiger partial charge in [0, 0.05) is 31.9 Å². The molecule has 3 atom stereocenters. The second-order valence-corrected chi connectivity index (χ2v) is 8.16. The Morgan fingerprint density at radius 2 is 1.88 bits per heavy atom. The first kappa shape index (κ1) is 23.6. The molecule has 10 heteroatoms. The lowest BCUT2D eigenvalue weighted by Crippen LogP contribution is -2.71. The molecule has 2 saturated heterocycles. The van der Waals surface area contributed by atoms with Crippen LogP contribution in [0.1, 0.15) is 13.3 Å². The van der Waals surface area contributed by atoms with E-state index in [2.05, 4.69) is 11.5 Å². The van der Waals surface area contributed by atoms with Crippen molar-refractivity contribution in [2.45, 2.75) is 25.0 Å². The Morgan fingerprint density at radius 3 is 2.44 bits per heavy atom. The Kier molecular flexibility index (Phi) is 7.37. The number of rotatable bonds is 6. The van der Waals surface area contributed by atoms with Gasteiger partial charge in [-0.15, -0.1) is 6.58 Å². The number of benzene rings is 1. The number of ether oxygens (including phenoxy) is 1. The van der Waals surface area contributed by atoms with E-state index in [-0.39, 0.29) is 19.6 Å². The maximum Gasteiger partial charge on any atom is 0.408 e. The molecule has 0 unspecified atom stereocenters. The molecule has 2 fully saturated rings. The number of hydrogen-bond donors (Lipinski definition) is 3. The van der Waals surface area contributed by atoms with Crippen LogP contribution in [-0.2, 0) is 14.3 Å². The molecule has 2 aliphatic heterocycles. The van der Waals surface area contributed by atoms with Crippen LogP contribution in [0.2, 0.25) is 0 Å². The highest BCUT2D eigenvalue weighted by molar-refractivity contribution is 5.96. The van der Waals surface area contributed by atoms with E-state index in [0.717, 1.165) is 10.6 Å². The van der Waals surface area contributed by atoms with E-state index in [1.807, 2.05) is 30.3 Å². The number of amides is 3. The molecule has 0 bridgehead atoms. The minimum absolute atomic E-state index is 0.0649. The van der Waals surface area contributed by atoms with Crippen LogP contribution >= 0.6 is 0 Å². The number of para-hydroxylation sites is 1. The average molecular weight is 447 g/mol. The summed E-state index contributed by atoms with van der Waals surface area (Å²) in [6.07, 6.45) is -0.318. The Morgan fingerprint density at radius 1 is 1.22 bits per heavy atom. The number of piperazine rings is 1. The number of piperidine rings is 1. The Bertz CT molecular complexity index is 842. The molecule has 3 N–H and O–H groups in total. The molecule has 174 valence electrons. The van der Waals surface area contributed by atoms with Gasteiger partial charge in [0.05, 0.1) is 25.2 Å². The number of anilines is 1. The van der Waals surface area contributed by atoms with Gasteiger partial charge in [0.15, 0.2) is 0 Å². The quantitative estimate of drug-likeness (QED) is 0.341. The van der Waals surface area contributed by atoms with Gasteiger partial charge in [-0.05, 0) is 25.5 Å². The van der Waals surface area contributed by atoms with Crippen LogP contribution < -0.4 is 10.4 Å². The summed E-state index contributed by atoms with van der Waals surface area (Å²) in [5.41, 5.74) is 0.971. The fourth-order valence-corrected chi connectivity index (χ4v) is 4.58. The molecule has 10 nitrogen and oxygen atoms in total. The smallest absolute Gasteiger partial charge is 0.408 e. The molecule has 0 aliphatic carbocycles. The van der Waals surface area contributed by atoms with Crippen LogP contribution in [0.15, 0.2) is 43.0 Å². The van der Waals surface area contributed by atoms with Crippen LogP contribution in [0, 0.1) is 5.92 Å². The van der Waals surface area contributed by atoms with Gasteiger partial charge in [0.2, 0.25) is 11.8 Å². The van der Waals surface area contributed by atoms with Gasteiger partial charge in [-0.1, -0.05) is 24.3 Å². The maximum atomic E-state index is 13.7. The fraction of sp³-hybridized carbons (Fsp3) is 0.500. The molecule has 0 spiro atoms. The van der Waals surface area contributed by atoms with E-state index in [9.17, 15) is 24.7 Å². The van der Waals surface area contributed by atoms with Gasteiger partial charge in [-0.3, -0.25) is 19.7 Å². The Hall–Kier alpha value is -3.11. The highest BCUT2D eigenvalue weighted by atomic mass is 16.5. The van der Waals surface area contributed by atoms with Crippen molar-refractivity contribution >= 4 is 23.6 Å². The Labute approximate surface area is 187 Å². The van der Waals surface area contributed by atoms with Gasteiger partial charge in [0.25, 0.3) is 0 Å². The number of carbonyl (C=O) groups is 3. The zero-order valence-electron chi connectivity index (χ0n) is 18.1. The van der Waals surface area contributed by atoms with Crippen molar-refractivity contribution in [3.8, 4) is 0 Å². The third kappa shape index (κ3) is 4.56. The number of hydroxylamine groups is 1. The van der Waals surface area contributed by atoms with Crippen molar-refractivity contribution in [2.24, 2.45) is 5.92 Å². The first-order valence-electron chi connectivity index (χ1n) is 10.6. The molecule has 2 heterocycles. The van der Waals surface area contributed by atoms with Gasteiger partial charge in [-0.25, -0.2) is 10.3 Å². The molecule has 2 aliphatic rings. The number of nitrogens with one attached hydrogen (secondary N) is 1. The third-order valence-electron chi connectivity index (χ3n) is 6.35. The van der Waals surface area contributed by atoms with E-state index in [1.165, 1.54) is 13.0 Å². The van der Waals surface area contributed by atoms with Gasteiger partial charge >= 0.3 is 6.09 Å². The first-order valence-corrected chi connectivity index (χ1v) is 10.6. The Balaban J connectivity index is 1.83. The molecule has 32 heavy (non-hydrogen) atoms. The lowest BCUT2D eigenvalue weighted by Gasteiger charge is -2.51. The minimum atomic E-state index is -1.68. The van der Waals surface area contributed by atoms with Crippen LogP contribution in [0.3, 0.4) is 0 Å². The van der Waals surface area contributed by atoms with E-state index >= 15 is 0 Å². The molecular formula is C22H30N4O6. The molecule has 0 aromatic heterocycles. The van der Waals surface area contributed by atoms with Crippen LogP contribution in [-0.4, -0.2) is 89.0 Å². The van der Waals surface area contributed by atoms with Crippen molar-refractivity contribution in [2.75, 3.05) is 44.2 Å². The predicted molar refractivity (Wildman–Crippen MR) is 116 cm³/mol. The minimum Gasteiger partial charge on any atom is -0.465 e. The molecular weight excluding hydrogens is 416 g/mol. The number of nitrogens with zero attached hydrogens (tertiary/aromatic N) is 3. The lowest BCUT2D eigenvalue weighted by molar-refractivity contribution is -0.163. The first-order chi connectivity index (χ1) is 15.3. The SMILES string of the molecule is C=CCO[C@H]1C[C@H](C(=O)NO)[C@@](C)(C(=O)N2CCN(c3ccccc3)CC2)N(C(=O)O)C1. The summed E-state index contributed by atoms with van der Waals surface area (Å²) >= 11 is 0. The largest absolute Gasteiger partial charge is 0.465 e. The summed E-state index contributed by atoms with van der Waals surface area (Å²) in [4.78, 5) is 43.1. The summed E-state index contributed by atoms with van der Waals surface area (Å²) < 4.78 is 5.60. The van der Waals surface area contributed by atoms with Gasteiger partial charge in [-0.2, -0.15) is 0 Å². The molecule has 0 saturated carbocycles. The highest BCUT2D eigenvalue weighted by Gasteiger charge is 2.57. The number of carbonyl (C=O) groups excluding carboxylic acids is 2. The van der Waals surface area contributed by atoms with Gasteiger partial charge in [0.1, 0.15) is 5.54 Å². The van der Waals surface area contributed by atoms with Gasteiger partial charge < -0.3 is 19.6 Å². The molecule has 1 aromatic carbocycles. The van der Waals surface area contributed by atoms with Crippen LogP contribution in [0.4, 0.5) is 10.5 Å². The number of likely N-dealkylation sites (tertiary alicyclic amines) is 1. The second-order valence-electron chi connectivity index (χ2n) is 8.16. The molecule has 3 amide bonds. The van der Waals surface area contributed by atoms with E-state index in [0.29, 0.717) is 26.2 Å². The maximum absolute atomic E-state index is 13.7. The zero-order chi connectivity index (χ0) is 23.3. The molecule has 1 aromatic rings. The van der Waals surface area contributed by atoms with E-state index in [1.54, 1.807) is 10.4 Å². The number of hydrogen-bond acceptors (Lipinski definition) is 6. The van der Waals surface area contributed by atoms with E-state index < -0.39 is 35.5 Å². The number of carboxylic acid groups (broad SMARTS) is 1. The summed E-state index contributed by atoms with van der Waals surface area (Å²) in [5, 5.41) is 19.2. The second kappa shape index (κ2) is 10.0. The summed E-state index contributed by atoms with van der Waals surface area (Å²) in [5.74, 6) is -2.39. The molecule has 0 radical (unpaired) electrons. The fourth-order valence-electron chi connectivity index (χ4n) is 4.58. The van der Waals surface area contributed by atoms with Crippen LogP contribution in [0.25, 0.3) is 0 Å². The summed E-state index contributed by atoms with van der Waals surface area (Å²) in [6.45, 7) is 7.09. The normalized spacial score (nSPS) is 25.9. The monoisotopic (exact) mass is 446 g/mol. The van der Waals surface area contributed by atoms with Crippen molar-refractivity contribution in [3.05, 3.63) is 43.0 Å². The van der Waals surface area contributed by atoms with Crippen molar-refractivity contribution in [3.63, 3.8) is 0 Å². The third-order valence-corrected chi connectivity index (χ3v) is 6.35. The molecule has 3 rings (SSSR count). The van der Waals surface area contributed by atoms with Crippen molar-refractivity contribution < 1.29 is 29.4 Å². The lowest BCUT2D eigenvalue weighted by atomic mass is 9.75. The summed E-state index contributed by atoms with van der Waals surface area (Å²) in [6, 6.07) is 9.83. The van der Waals surface area contributed by atoms with Crippen molar-refractivity contribution in [1.82, 2.24) is 15.3 Å². The van der Waals surface area contributed by atoms with E-state index in [4.69, 9.17) is 4.74 Å². The highest BCUT2D eigenvalue weighted by Crippen LogP contribution is 2.37. The topological polar surface area (TPSA) is 123 Å². The summed E-state index contributed by atoms with van der Waals surface area (Å²) in [7, 11) is 0. The average Bonchev–Trinajstić information content (AvgIpc) is 2.82. The standard InChI is InChI=1S/C22H30N4O6/c1-3-13-32-17-14-18(19(27)23-31)22(2,26(15-17)21(29)30)20(28)25-11-9-24(10-12-25)16-7-5-4-6-8-16/h3-8,17-18,31H,1,9-15H2,2H3,(H,23,27)(H,29,30)/t17-,18+,22-/m0/s1. The van der Waals surface area contributed by atoms with Crippen molar-refractivity contribution in [1.29, 1.82) is 0 Å². The zero-order valence-corrected chi connectivity index (χ0v) is 18.1. The predicted octanol–water partition coefficient (Wildman–Crippen LogP) is 1.17. The van der Waals surface area contributed by atoms with Crippen LogP contribution in [0.5, 0.6) is 0 Å².